The maximum absolute atomic E-state index is 12.7. The summed E-state index contributed by atoms with van der Waals surface area (Å²) in [6.45, 7) is 1.76. The van der Waals surface area contributed by atoms with E-state index in [-0.39, 0.29) is 24.6 Å². The lowest BCUT2D eigenvalue weighted by atomic mass is 9.85. The molecule has 1 aliphatic rings. The number of anilines is 1. The Morgan fingerprint density at radius 1 is 1.26 bits per heavy atom. The van der Waals surface area contributed by atoms with Gasteiger partial charge in [-0.2, -0.15) is 13.2 Å². The number of phenolic OH excluding ortho intramolecular Hbond substituents is 1. The van der Waals surface area contributed by atoms with E-state index < -0.39 is 12.1 Å². The number of hydrogen-bond donors (Lipinski definition) is 2. The van der Waals surface area contributed by atoms with Crippen LogP contribution in [-0.2, 0) is 0 Å². The first kappa shape index (κ1) is 14.0. The SMILES string of the molecule is Cc1cc(NC2CCCC(C(F)(F)F)C2)ccc1O. The van der Waals surface area contributed by atoms with Gasteiger partial charge < -0.3 is 10.4 Å². The number of phenols is 1. The van der Waals surface area contributed by atoms with Gasteiger partial charge in [0.15, 0.2) is 0 Å². The van der Waals surface area contributed by atoms with Crippen LogP contribution < -0.4 is 5.32 Å². The van der Waals surface area contributed by atoms with E-state index in [1.54, 1.807) is 25.1 Å². The van der Waals surface area contributed by atoms with Crippen molar-refractivity contribution in [3.63, 3.8) is 0 Å². The predicted octanol–water partition coefficient (Wildman–Crippen LogP) is 4.23. The summed E-state index contributed by atoms with van der Waals surface area (Å²) >= 11 is 0. The first-order valence-electron chi connectivity index (χ1n) is 6.49. The predicted molar refractivity (Wildman–Crippen MR) is 68.3 cm³/mol. The zero-order valence-electron chi connectivity index (χ0n) is 10.8. The van der Waals surface area contributed by atoms with Crippen molar-refractivity contribution in [2.75, 3.05) is 5.32 Å². The minimum atomic E-state index is -4.09. The topological polar surface area (TPSA) is 32.3 Å². The third-order valence-electron chi connectivity index (χ3n) is 3.70. The molecule has 1 aliphatic carbocycles. The number of halogens is 3. The third kappa shape index (κ3) is 3.55. The lowest BCUT2D eigenvalue weighted by Crippen LogP contribution is -2.34. The molecule has 2 unspecified atom stereocenters. The Hall–Kier alpha value is -1.39. The molecule has 19 heavy (non-hydrogen) atoms. The number of rotatable bonds is 2. The van der Waals surface area contributed by atoms with E-state index in [1.807, 2.05) is 0 Å². The molecule has 0 radical (unpaired) electrons. The Balaban J connectivity index is 2.00. The second-order valence-corrected chi connectivity index (χ2v) is 5.25. The van der Waals surface area contributed by atoms with Gasteiger partial charge in [-0.3, -0.25) is 0 Å². The molecule has 0 spiro atoms. The highest BCUT2D eigenvalue weighted by Crippen LogP contribution is 2.38. The van der Waals surface area contributed by atoms with Crippen molar-refractivity contribution in [2.45, 2.75) is 44.8 Å². The number of aromatic hydroxyl groups is 1. The van der Waals surface area contributed by atoms with Gasteiger partial charge in [0.05, 0.1) is 5.92 Å². The summed E-state index contributed by atoms with van der Waals surface area (Å²) in [5, 5.41) is 12.6. The number of alkyl halides is 3. The van der Waals surface area contributed by atoms with Gasteiger partial charge in [0.1, 0.15) is 5.75 Å². The van der Waals surface area contributed by atoms with Gasteiger partial charge in [-0.05, 0) is 49.9 Å². The monoisotopic (exact) mass is 273 g/mol. The molecule has 5 heteroatoms. The number of benzene rings is 1. The molecule has 106 valence electrons. The Bertz CT molecular complexity index is 445. The van der Waals surface area contributed by atoms with E-state index in [9.17, 15) is 18.3 Å². The fraction of sp³-hybridized carbons (Fsp3) is 0.571. The summed E-state index contributed by atoms with van der Waals surface area (Å²) in [7, 11) is 0. The van der Waals surface area contributed by atoms with E-state index in [0.29, 0.717) is 12.0 Å². The molecule has 1 fully saturated rings. The summed E-state index contributed by atoms with van der Waals surface area (Å²) in [5.41, 5.74) is 1.48. The summed E-state index contributed by atoms with van der Waals surface area (Å²) in [6, 6.07) is 4.86. The van der Waals surface area contributed by atoms with Crippen LogP contribution in [0.2, 0.25) is 0 Å². The van der Waals surface area contributed by atoms with Crippen LogP contribution in [0.3, 0.4) is 0 Å². The molecular weight excluding hydrogens is 255 g/mol. The molecule has 1 aromatic rings. The van der Waals surface area contributed by atoms with Crippen molar-refractivity contribution in [1.29, 1.82) is 0 Å². The van der Waals surface area contributed by atoms with Crippen molar-refractivity contribution in [3.05, 3.63) is 23.8 Å². The van der Waals surface area contributed by atoms with Gasteiger partial charge in [-0.1, -0.05) is 6.42 Å². The number of nitrogens with one attached hydrogen (secondary N) is 1. The van der Waals surface area contributed by atoms with E-state index in [4.69, 9.17) is 0 Å². The van der Waals surface area contributed by atoms with Crippen LogP contribution in [0, 0.1) is 12.8 Å². The third-order valence-corrected chi connectivity index (χ3v) is 3.70. The fourth-order valence-electron chi connectivity index (χ4n) is 2.60. The van der Waals surface area contributed by atoms with Gasteiger partial charge >= 0.3 is 6.18 Å². The molecule has 0 amide bonds. The minimum Gasteiger partial charge on any atom is -0.508 e. The van der Waals surface area contributed by atoms with Gasteiger partial charge in [0, 0.05) is 11.7 Å². The van der Waals surface area contributed by atoms with E-state index in [2.05, 4.69) is 5.32 Å². The maximum Gasteiger partial charge on any atom is 0.391 e. The van der Waals surface area contributed by atoms with Crippen LogP contribution in [0.15, 0.2) is 18.2 Å². The second-order valence-electron chi connectivity index (χ2n) is 5.25. The number of aryl methyl sites for hydroxylation is 1. The molecule has 0 aliphatic heterocycles. The zero-order chi connectivity index (χ0) is 14.0. The second kappa shape index (κ2) is 5.31. The van der Waals surface area contributed by atoms with Crippen molar-refractivity contribution >= 4 is 5.69 Å². The molecule has 0 saturated heterocycles. The molecule has 2 N–H and O–H groups in total. The highest BCUT2D eigenvalue weighted by atomic mass is 19.4. The summed E-state index contributed by atoms with van der Waals surface area (Å²) < 4.78 is 38.1. The minimum absolute atomic E-state index is 0.128. The Morgan fingerprint density at radius 2 is 2.00 bits per heavy atom. The largest absolute Gasteiger partial charge is 0.508 e. The van der Waals surface area contributed by atoms with Crippen molar-refractivity contribution in [2.24, 2.45) is 5.92 Å². The van der Waals surface area contributed by atoms with Gasteiger partial charge in [-0.25, -0.2) is 0 Å². The molecular formula is C14H18F3NO. The van der Waals surface area contributed by atoms with Crippen molar-refractivity contribution in [1.82, 2.24) is 0 Å². The fourth-order valence-corrected chi connectivity index (χ4v) is 2.60. The summed E-state index contributed by atoms with van der Waals surface area (Å²) in [5.74, 6) is -1.00. The first-order valence-corrected chi connectivity index (χ1v) is 6.49. The Labute approximate surface area is 110 Å². The van der Waals surface area contributed by atoms with Gasteiger partial charge in [-0.15, -0.1) is 0 Å². The van der Waals surface area contributed by atoms with E-state index >= 15 is 0 Å². The molecule has 2 atom stereocenters. The standard InChI is InChI=1S/C14H18F3NO/c1-9-7-12(5-6-13(9)19)18-11-4-2-3-10(8-11)14(15,16)17/h5-7,10-11,18-19H,2-4,8H2,1H3. The summed E-state index contributed by atoms with van der Waals surface area (Å²) in [6.07, 6.45) is -2.38. The molecule has 0 bridgehead atoms. The van der Waals surface area contributed by atoms with Crippen LogP contribution in [0.4, 0.5) is 18.9 Å². The summed E-state index contributed by atoms with van der Waals surface area (Å²) in [4.78, 5) is 0. The van der Waals surface area contributed by atoms with Crippen LogP contribution >= 0.6 is 0 Å². The van der Waals surface area contributed by atoms with Crippen LogP contribution in [-0.4, -0.2) is 17.3 Å². The molecule has 0 heterocycles. The van der Waals surface area contributed by atoms with Crippen LogP contribution in [0.1, 0.15) is 31.2 Å². The Kier molecular flexibility index (Phi) is 3.92. The highest BCUT2D eigenvalue weighted by Gasteiger charge is 2.42. The molecule has 1 saturated carbocycles. The number of hydrogen-bond acceptors (Lipinski definition) is 2. The molecule has 2 rings (SSSR count). The van der Waals surface area contributed by atoms with Gasteiger partial charge in [0.25, 0.3) is 0 Å². The van der Waals surface area contributed by atoms with Crippen molar-refractivity contribution < 1.29 is 18.3 Å². The Morgan fingerprint density at radius 3 is 2.63 bits per heavy atom. The normalized spacial score (nSPS) is 24.2. The van der Waals surface area contributed by atoms with E-state index in [1.165, 1.54) is 0 Å². The smallest absolute Gasteiger partial charge is 0.391 e. The average molecular weight is 273 g/mol. The van der Waals surface area contributed by atoms with Crippen LogP contribution in [0.25, 0.3) is 0 Å². The van der Waals surface area contributed by atoms with Crippen LogP contribution in [0.5, 0.6) is 5.75 Å². The zero-order valence-corrected chi connectivity index (χ0v) is 10.8. The molecule has 2 nitrogen and oxygen atoms in total. The van der Waals surface area contributed by atoms with Gasteiger partial charge in [0.2, 0.25) is 0 Å². The lowest BCUT2D eigenvalue weighted by Gasteiger charge is -2.31. The first-order chi connectivity index (χ1) is 8.86. The molecule has 1 aromatic carbocycles. The maximum atomic E-state index is 12.7. The van der Waals surface area contributed by atoms with Crippen molar-refractivity contribution in [3.8, 4) is 5.75 Å². The average Bonchev–Trinajstić information content (AvgIpc) is 2.33. The highest BCUT2D eigenvalue weighted by molar-refractivity contribution is 5.50. The van der Waals surface area contributed by atoms with E-state index in [0.717, 1.165) is 12.1 Å². The molecule has 0 aromatic heterocycles. The quantitative estimate of drug-likeness (QED) is 0.790. The lowest BCUT2D eigenvalue weighted by molar-refractivity contribution is -0.182.